The van der Waals surface area contributed by atoms with Gasteiger partial charge in [0, 0.05) is 55.2 Å². The van der Waals surface area contributed by atoms with Crippen molar-refractivity contribution in [2.75, 3.05) is 36.8 Å². The third-order valence-electron chi connectivity index (χ3n) is 7.88. The third kappa shape index (κ3) is 4.46. The molecule has 8 heteroatoms. The second kappa shape index (κ2) is 9.27. The van der Waals surface area contributed by atoms with Crippen molar-refractivity contribution in [3.63, 3.8) is 0 Å². The predicted molar refractivity (Wildman–Crippen MR) is 144 cm³/mol. The number of H-pyrrole nitrogens is 1. The summed E-state index contributed by atoms with van der Waals surface area (Å²) >= 11 is 0. The molecule has 37 heavy (non-hydrogen) atoms. The lowest BCUT2D eigenvalue weighted by atomic mass is 9.98. The lowest BCUT2D eigenvalue weighted by Crippen LogP contribution is -2.50. The summed E-state index contributed by atoms with van der Waals surface area (Å²) in [4.78, 5) is 23.4. The van der Waals surface area contributed by atoms with Crippen molar-refractivity contribution in [1.29, 1.82) is 0 Å². The van der Waals surface area contributed by atoms with E-state index in [1.807, 2.05) is 24.3 Å². The van der Waals surface area contributed by atoms with Gasteiger partial charge in [-0.15, -0.1) is 0 Å². The number of nitrogens with one attached hydrogen (secondary N) is 1. The van der Waals surface area contributed by atoms with Crippen LogP contribution in [0.4, 0.5) is 20.3 Å². The Bertz CT molecular complexity index is 1520. The minimum absolute atomic E-state index is 0.0291. The fourth-order valence-corrected chi connectivity index (χ4v) is 5.49. The summed E-state index contributed by atoms with van der Waals surface area (Å²) in [7, 11) is 0. The van der Waals surface area contributed by atoms with Gasteiger partial charge in [-0.25, -0.2) is 9.37 Å². The SMILES string of the molecule is C[C@H](C1CC1)N1CCN(c2ccc(-c3cc(-c4cc(F)c5c(=O)[nH]ccc5c4)c(N)nc3F)cc2)CC1. The largest absolute Gasteiger partial charge is 0.383 e. The first kappa shape index (κ1) is 23.6. The molecule has 0 radical (unpaired) electrons. The number of aromatic nitrogens is 2. The van der Waals surface area contributed by atoms with E-state index in [1.54, 1.807) is 18.2 Å². The monoisotopic (exact) mass is 501 g/mol. The fourth-order valence-electron chi connectivity index (χ4n) is 5.49. The Balaban J connectivity index is 1.27. The number of halogens is 2. The molecule has 4 aromatic rings. The number of nitrogens with two attached hydrogens (primary N) is 1. The van der Waals surface area contributed by atoms with E-state index in [4.69, 9.17) is 5.73 Å². The Morgan fingerprint density at radius 3 is 2.41 bits per heavy atom. The number of hydrogen-bond donors (Lipinski definition) is 2. The van der Waals surface area contributed by atoms with Gasteiger partial charge >= 0.3 is 0 Å². The molecule has 1 aliphatic heterocycles. The summed E-state index contributed by atoms with van der Waals surface area (Å²) in [6, 6.07) is 14.6. The molecule has 0 unspecified atom stereocenters. The molecule has 1 saturated carbocycles. The summed E-state index contributed by atoms with van der Waals surface area (Å²) in [6.07, 6.45) is 4.17. The first-order valence-corrected chi connectivity index (χ1v) is 12.8. The van der Waals surface area contributed by atoms with Crippen molar-refractivity contribution in [3.8, 4) is 22.3 Å². The maximum atomic E-state index is 14.9. The zero-order chi connectivity index (χ0) is 25.7. The van der Waals surface area contributed by atoms with Crippen molar-refractivity contribution in [2.45, 2.75) is 25.8 Å². The van der Waals surface area contributed by atoms with Gasteiger partial charge in [0.1, 0.15) is 11.6 Å². The normalized spacial score (nSPS) is 17.3. The van der Waals surface area contributed by atoms with Crippen LogP contribution >= 0.6 is 0 Å². The van der Waals surface area contributed by atoms with Crippen LogP contribution in [0, 0.1) is 17.7 Å². The molecule has 0 spiro atoms. The molecule has 2 aromatic carbocycles. The van der Waals surface area contributed by atoms with E-state index in [2.05, 4.69) is 26.7 Å². The molecule has 6 rings (SSSR count). The van der Waals surface area contributed by atoms with Crippen LogP contribution < -0.4 is 16.2 Å². The lowest BCUT2D eigenvalue weighted by molar-refractivity contribution is 0.179. The molecule has 1 atom stereocenters. The minimum atomic E-state index is -0.686. The Hall–Kier alpha value is -3.78. The number of fused-ring (bicyclic) bond motifs is 1. The zero-order valence-corrected chi connectivity index (χ0v) is 20.7. The maximum Gasteiger partial charge on any atom is 0.258 e. The van der Waals surface area contributed by atoms with E-state index in [0.29, 0.717) is 28.1 Å². The van der Waals surface area contributed by atoms with E-state index in [-0.39, 0.29) is 16.8 Å². The van der Waals surface area contributed by atoms with Crippen LogP contribution in [0.15, 0.2) is 59.5 Å². The first-order valence-electron chi connectivity index (χ1n) is 12.8. The van der Waals surface area contributed by atoms with Crippen LogP contribution in [0.25, 0.3) is 33.0 Å². The predicted octanol–water partition coefficient (Wildman–Crippen LogP) is 5.04. The number of pyridine rings is 2. The van der Waals surface area contributed by atoms with E-state index in [1.165, 1.54) is 25.1 Å². The molecule has 0 bridgehead atoms. The van der Waals surface area contributed by atoms with E-state index in [0.717, 1.165) is 37.8 Å². The summed E-state index contributed by atoms with van der Waals surface area (Å²) in [5, 5.41) is 0.401. The van der Waals surface area contributed by atoms with Gasteiger partial charge in [-0.2, -0.15) is 4.39 Å². The van der Waals surface area contributed by atoms with Crippen LogP contribution in [-0.2, 0) is 0 Å². The van der Waals surface area contributed by atoms with Crippen molar-refractivity contribution in [1.82, 2.24) is 14.9 Å². The molecule has 3 heterocycles. The number of nitrogens with zero attached hydrogens (tertiary/aromatic N) is 3. The van der Waals surface area contributed by atoms with Crippen molar-refractivity contribution in [2.24, 2.45) is 5.92 Å². The molecule has 1 aliphatic carbocycles. The summed E-state index contributed by atoms with van der Waals surface area (Å²) in [6.45, 7) is 6.38. The highest BCUT2D eigenvalue weighted by Gasteiger charge is 2.33. The quantitative estimate of drug-likeness (QED) is 0.375. The van der Waals surface area contributed by atoms with Gasteiger partial charge in [0.05, 0.1) is 5.39 Å². The number of rotatable bonds is 5. The molecule has 3 N–H and O–H groups in total. The number of aromatic amines is 1. The molecule has 2 fully saturated rings. The van der Waals surface area contributed by atoms with Crippen LogP contribution in [0.1, 0.15) is 19.8 Å². The first-order chi connectivity index (χ1) is 17.9. The number of nitrogen functional groups attached to an aromatic ring is 1. The van der Waals surface area contributed by atoms with Crippen LogP contribution in [-0.4, -0.2) is 47.1 Å². The third-order valence-corrected chi connectivity index (χ3v) is 7.88. The number of benzene rings is 2. The molecule has 2 aromatic heterocycles. The van der Waals surface area contributed by atoms with Crippen molar-refractivity contribution >= 4 is 22.3 Å². The fraction of sp³-hybridized carbons (Fsp3) is 0.310. The molecular weight excluding hydrogens is 472 g/mol. The number of hydrogen-bond acceptors (Lipinski definition) is 5. The maximum absolute atomic E-state index is 14.9. The van der Waals surface area contributed by atoms with Crippen LogP contribution in [0.2, 0.25) is 0 Å². The smallest absolute Gasteiger partial charge is 0.258 e. The van der Waals surface area contributed by atoms with Crippen LogP contribution in [0.5, 0.6) is 0 Å². The molecule has 1 saturated heterocycles. The zero-order valence-electron chi connectivity index (χ0n) is 20.7. The Kier molecular flexibility index (Phi) is 5.91. The molecule has 6 nitrogen and oxygen atoms in total. The van der Waals surface area contributed by atoms with Gasteiger partial charge < -0.3 is 15.6 Å². The minimum Gasteiger partial charge on any atom is -0.383 e. The van der Waals surface area contributed by atoms with Gasteiger partial charge in [-0.1, -0.05) is 12.1 Å². The van der Waals surface area contributed by atoms with Gasteiger partial charge in [-0.05, 0) is 78.6 Å². The highest BCUT2D eigenvalue weighted by Crippen LogP contribution is 2.36. The number of piperazine rings is 1. The molecule has 0 amide bonds. The second-order valence-corrected chi connectivity index (χ2v) is 10.1. The van der Waals surface area contributed by atoms with E-state index >= 15 is 0 Å². The highest BCUT2D eigenvalue weighted by molar-refractivity contribution is 5.90. The van der Waals surface area contributed by atoms with Gasteiger partial charge in [0.15, 0.2) is 0 Å². The summed E-state index contributed by atoms with van der Waals surface area (Å²) in [5.74, 6) is -0.530. The molecule has 190 valence electrons. The standard InChI is InChI=1S/C29H29F2N5O/c1-17(18-2-3-18)35-10-12-36(13-11-35)22-6-4-19(5-7-22)23-16-24(28(32)34-27(23)31)21-14-20-8-9-33-29(37)26(20)25(30)15-21/h4-9,14-18H,2-3,10-13H2,1H3,(H2,32,34)(H,33,37)/t17-/m1/s1. The van der Waals surface area contributed by atoms with Gasteiger partial charge in [0.2, 0.25) is 5.95 Å². The van der Waals surface area contributed by atoms with Crippen molar-refractivity contribution in [3.05, 3.63) is 76.8 Å². The molecule has 2 aliphatic rings. The Morgan fingerprint density at radius 1 is 0.973 bits per heavy atom. The topological polar surface area (TPSA) is 78.2 Å². The lowest BCUT2D eigenvalue weighted by Gasteiger charge is -2.39. The average molecular weight is 502 g/mol. The summed E-state index contributed by atoms with van der Waals surface area (Å²) < 4.78 is 29.7. The van der Waals surface area contributed by atoms with E-state index in [9.17, 15) is 13.6 Å². The van der Waals surface area contributed by atoms with E-state index < -0.39 is 17.3 Å². The van der Waals surface area contributed by atoms with Gasteiger partial charge in [-0.3, -0.25) is 9.69 Å². The highest BCUT2D eigenvalue weighted by atomic mass is 19.1. The Labute approximate surface area is 213 Å². The number of anilines is 2. The summed E-state index contributed by atoms with van der Waals surface area (Å²) in [5.41, 5.74) is 8.42. The van der Waals surface area contributed by atoms with Crippen LogP contribution in [0.3, 0.4) is 0 Å². The average Bonchev–Trinajstić information content (AvgIpc) is 3.74. The Morgan fingerprint density at radius 2 is 1.70 bits per heavy atom. The van der Waals surface area contributed by atoms with Gasteiger partial charge in [0.25, 0.3) is 5.56 Å². The molecular formula is C29H29F2N5O. The van der Waals surface area contributed by atoms with Crippen molar-refractivity contribution < 1.29 is 8.78 Å². The second-order valence-electron chi connectivity index (χ2n) is 10.1.